The molecule has 118 valence electrons. The average Bonchev–Trinajstić information content (AvgIpc) is 2.34. The number of nitrogens with zero attached hydrogens (tertiary/aromatic N) is 1. The van der Waals surface area contributed by atoms with E-state index in [9.17, 15) is 23.3 Å². The lowest BCUT2D eigenvalue weighted by molar-refractivity contribution is -0.385. The van der Waals surface area contributed by atoms with Gasteiger partial charge in [-0.25, -0.2) is 0 Å². The number of anilines is 1. The van der Waals surface area contributed by atoms with E-state index in [2.05, 4.69) is 5.32 Å². The molecule has 1 N–H and O–H groups in total. The highest BCUT2D eigenvalue weighted by molar-refractivity contribution is 5.57. The van der Waals surface area contributed by atoms with Gasteiger partial charge in [-0.1, -0.05) is 27.7 Å². The summed E-state index contributed by atoms with van der Waals surface area (Å²) in [6.07, 6.45) is -4.64. The fourth-order valence-electron chi connectivity index (χ4n) is 1.56. The molecule has 7 heteroatoms. The first-order valence-corrected chi connectivity index (χ1v) is 6.54. The minimum atomic E-state index is -4.64. The fraction of sp³-hybridized carbons (Fsp3) is 0.571. The lowest BCUT2D eigenvalue weighted by Crippen LogP contribution is -2.29. The molecule has 21 heavy (non-hydrogen) atoms. The number of non-ortho nitro benzene ring substituents is 1. The molecule has 4 nitrogen and oxygen atoms in total. The number of hydrogen-bond donors (Lipinski definition) is 1. The summed E-state index contributed by atoms with van der Waals surface area (Å²) < 4.78 is 39.0. The van der Waals surface area contributed by atoms with Gasteiger partial charge in [0.1, 0.15) is 0 Å². The summed E-state index contributed by atoms with van der Waals surface area (Å²) in [5, 5.41) is 13.4. The second-order valence-corrected chi connectivity index (χ2v) is 5.98. The van der Waals surface area contributed by atoms with E-state index in [1.54, 1.807) is 0 Å². The van der Waals surface area contributed by atoms with Crippen LogP contribution in [-0.2, 0) is 6.18 Å². The third kappa shape index (κ3) is 4.34. The van der Waals surface area contributed by atoms with E-state index < -0.39 is 22.4 Å². The molecule has 0 radical (unpaired) electrons. The highest BCUT2D eigenvalue weighted by Crippen LogP contribution is 2.38. The molecule has 0 saturated heterocycles. The Kier molecular flexibility index (Phi) is 4.86. The smallest absolute Gasteiger partial charge is 0.384 e. The lowest BCUT2D eigenvalue weighted by atomic mass is 9.81. The molecule has 0 spiro atoms. The van der Waals surface area contributed by atoms with Crippen molar-refractivity contribution in [2.45, 2.75) is 33.9 Å². The summed E-state index contributed by atoms with van der Waals surface area (Å²) in [4.78, 5) is 9.78. The maximum atomic E-state index is 13.0. The van der Waals surface area contributed by atoms with E-state index in [-0.39, 0.29) is 17.0 Å². The number of nitrogens with one attached hydrogen (secondary N) is 1. The zero-order valence-corrected chi connectivity index (χ0v) is 12.4. The first-order chi connectivity index (χ1) is 9.45. The Morgan fingerprint density at radius 2 is 1.86 bits per heavy atom. The molecule has 0 aliphatic carbocycles. The molecule has 0 amide bonds. The molecule has 1 rings (SSSR count). The Morgan fingerprint density at radius 1 is 1.29 bits per heavy atom. The van der Waals surface area contributed by atoms with Crippen LogP contribution < -0.4 is 5.32 Å². The van der Waals surface area contributed by atoms with Crippen LogP contribution in [0.5, 0.6) is 0 Å². The molecule has 0 fully saturated rings. The van der Waals surface area contributed by atoms with Crippen molar-refractivity contribution in [2.75, 3.05) is 11.9 Å². The Hall–Kier alpha value is -1.79. The normalized spacial score (nSPS) is 12.6. The van der Waals surface area contributed by atoms with Gasteiger partial charge < -0.3 is 5.32 Å². The molecule has 0 aliphatic heterocycles. The summed E-state index contributed by atoms with van der Waals surface area (Å²) in [5.41, 5.74) is -1.93. The highest BCUT2D eigenvalue weighted by Gasteiger charge is 2.35. The van der Waals surface area contributed by atoms with Gasteiger partial charge in [0.15, 0.2) is 0 Å². The van der Waals surface area contributed by atoms with Crippen LogP contribution in [-0.4, -0.2) is 11.5 Å². The Bertz CT molecular complexity index is 525. The molecule has 0 saturated carbocycles. The van der Waals surface area contributed by atoms with Crippen LogP contribution >= 0.6 is 0 Å². The van der Waals surface area contributed by atoms with Gasteiger partial charge in [0.25, 0.3) is 5.69 Å². The van der Waals surface area contributed by atoms with Gasteiger partial charge in [-0.15, -0.1) is 0 Å². The van der Waals surface area contributed by atoms with Crippen LogP contribution in [0.15, 0.2) is 18.2 Å². The number of nitro groups is 1. The number of benzene rings is 1. The number of alkyl halides is 3. The van der Waals surface area contributed by atoms with E-state index in [1.807, 2.05) is 27.7 Å². The van der Waals surface area contributed by atoms with Crippen molar-refractivity contribution in [1.29, 1.82) is 0 Å². The van der Waals surface area contributed by atoms with Crippen LogP contribution in [0.1, 0.15) is 33.3 Å². The van der Waals surface area contributed by atoms with Crippen LogP contribution in [0.4, 0.5) is 24.5 Å². The van der Waals surface area contributed by atoms with Gasteiger partial charge in [0, 0.05) is 24.4 Å². The van der Waals surface area contributed by atoms with Gasteiger partial charge in [-0.2, -0.15) is 13.2 Å². The van der Waals surface area contributed by atoms with Gasteiger partial charge in [0.2, 0.25) is 0 Å². The quantitative estimate of drug-likeness (QED) is 0.633. The van der Waals surface area contributed by atoms with Crippen molar-refractivity contribution in [3.05, 3.63) is 33.9 Å². The van der Waals surface area contributed by atoms with Gasteiger partial charge in [-0.05, 0) is 17.4 Å². The number of hydrogen-bond acceptors (Lipinski definition) is 3. The van der Waals surface area contributed by atoms with E-state index in [1.165, 1.54) is 0 Å². The standard InChI is InChI=1S/C14H19F3N2O2/c1-9(2)13(3,4)8-18-12-6-5-10(19(20)21)7-11(12)14(15,16)17/h5-7,9,18H,8H2,1-4H3. The van der Waals surface area contributed by atoms with Crippen LogP contribution in [0.25, 0.3) is 0 Å². The molecule has 0 heterocycles. The van der Waals surface area contributed by atoms with Gasteiger partial charge in [0.05, 0.1) is 10.5 Å². The molecule has 1 aromatic carbocycles. The minimum Gasteiger partial charge on any atom is -0.384 e. The molecular formula is C14H19F3N2O2. The maximum Gasteiger partial charge on any atom is 0.418 e. The first-order valence-electron chi connectivity index (χ1n) is 6.54. The highest BCUT2D eigenvalue weighted by atomic mass is 19.4. The summed E-state index contributed by atoms with van der Waals surface area (Å²) in [5.74, 6) is 0.275. The summed E-state index contributed by atoms with van der Waals surface area (Å²) >= 11 is 0. The van der Waals surface area contributed by atoms with E-state index >= 15 is 0 Å². The van der Waals surface area contributed by atoms with E-state index in [4.69, 9.17) is 0 Å². The SMILES string of the molecule is CC(C)C(C)(C)CNc1ccc([N+](=O)[O-])cc1C(F)(F)F. The lowest BCUT2D eigenvalue weighted by Gasteiger charge is -2.30. The van der Waals surface area contributed by atoms with Crippen molar-refractivity contribution >= 4 is 11.4 Å². The molecule has 0 bridgehead atoms. The second kappa shape index (κ2) is 5.91. The first kappa shape index (κ1) is 17.3. The molecule has 0 atom stereocenters. The predicted molar refractivity (Wildman–Crippen MR) is 75.2 cm³/mol. The topological polar surface area (TPSA) is 55.2 Å². The van der Waals surface area contributed by atoms with Crippen molar-refractivity contribution in [3.63, 3.8) is 0 Å². The van der Waals surface area contributed by atoms with Crippen molar-refractivity contribution in [2.24, 2.45) is 11.3 Å². The Balaban J connectivity index is 3.10. The van der Waals surface area contributed by atoms with Crippen LogP contribution in [0.3, 0.4) is 0 Å². The van der Waals surface area contributed by atoms with Crippen LogP contribution in [0.2, 0.25) is 0 Å². The summed E-state index contributed by atoms with van der Waals surface area (Å²) in [7, 11) is 0. The molecule has 0 unspecified atom stereocenters. The van der Waals surface area contributed by atoms with Crippen molar-refractivity contribution < 1.29 is 18.1 Å². The Morgan fingerprint density at radius 3 is 2.29 bits per heavy atom. The van der Waals surface area contributed by atoms with Gasteiger partial charge in [-0.3, -0.25) is 10.1 Å². The summed E-state index contributed by atoms with van der Waals surface area (Å²) in [6.45, 7) is 8.21. The third-order valence-electron chi connectivity index (χ3n) is 3.82. The summed E-state index contributed by atoms with van der Waals surface area (Å²) in [6, 6.07) is 2.74. The van der Waals surface area contributed by atoms with Crippen molar-refractivity contribution in [3.8, 4) is 0 Å². The molecule has 0 aliphatic rings. The largest absolute Gasteiger partial charge is 0.418 e. The zero-order valence-electron chi connectivity index (χ0n) is 12.4. The predicted octanol–water partition coefficient (Wildman–Crippen LogP) is 4.71. The Labute approximate surface area is 121 Å². The zero-order chi connectivity index (χ0) is 16.4. The molecule has 1 aromatic rings. The number of halogens is 3. The minimum absolute atomic E-state index is 0.137. The maximum absolute atomic E-state index is 13.0. The van der Waals surface area contributed by atoms with E-state index in [0.29, 0.717) is 12.6 Å². The fourth-order valence-corrected chi connectivity index (χ4v) is 1.56. The third-order valence-corrected chi connectivity index (χ3v) is 3.82. The molecular weight excluding hydrogens is 285 g/mol. The second-order valence-electron chi connectivity index (χ2n) is 5.98. The van der Waals surface area contributed by atoms with Crippen LogP contribution in [0, 0.1) is 21.4 Å². The molecule has 0 aromatic heterocycles. The van der Waals surface area contributed by atoms with Gasteiger partial charge >= 0.3 is 6.18 Å². The van der Waals surface area contributed by atoms with Crippen molar-refractivity contribution in [1.82, 2.24) is 0 Å². The monoisotopic (exact) mass is 304 g/mol. The number of nitro benzene ring substituents is 1. The average molecular weight is 304 g/mol. The number of rotatable bonds is 5. The van der Waals surface area contributed by atoms with E-state index in [0.717, 1.165) is 12.1 Å².